The van der Waals surface area contributed by atoms with Gasteiger partial charge in [0.25, 0.3) is 5.91 Å². The average Bonchev–Trinajstić information content (AvgIpc) is 2.95. The van der Waals surface area contributed by atoms with Crippen molar-refractivity contribution in [3.8, 4) is 0 Å². The van der Waals surface area contributed by atoms with Gasteiger partial charge in [0.1, 0.15) is 0 Å². The minimum absolute atomic E-state index is 0.145. The molecule has 2 rings (SSSR count). The molecule has 0 aliphatic carbocycles. The number of anilines is 1. The summed E-state index contributed by atoms with van der Waals surface area (Å²) in [5, 5.41) is 5.42. The van der Waals surface area contributed by atoms with Crippen LogP contribution in [-0.2, 0) is 4.79 Å². The Morgan fingerprint density at radius 2 is 1.95 bits per heavy atom. The highest BCUT2D eigenvalue weighted by atomic mass is 127. The van der Waals surface area contributed by atoms with E-state index in [2.05, 4.69) is 33.2 Å². The predicted octanol–water partition coefficient (Wildman–Crippen LogP) is 2.64. The summed E-state index contributed by atoms with van der Waals surface area (Å²) in [5.74, 6) is -0.228. The molecule has 0 aliphatic heterocycles. The van der Waals surface area contributed by atoms with Crippen LogP contribution < -0.4 is 10.6 Å². The first-order valence-electron chi connectivity index (χ1n) is 6.03. The van der Waals surface area contributed by atoms with Crippen molar-refractivity contribution in [1.29, 1.82) is 0 Å². The Labute approximate surface area is 129 Å². The van der Waals surface area contributed by atoms with E-state index in [-0.39, 0.29) is 30.5 Å². The van der Waals surface area contributed by atoms with Gasteiger partial charge in [-0.05, 0) is 46.9 Å². The minimum Gasteiger partial charge on any atom is -0.459 e. The van der Waals surface area contributed by atoms with Crippen molar-refractivity contribution in [3.05, 3.63) is 52.0 Å². The standard InChI is InChI=1S/C14H13IN2O3/c15-10-4-1-2-5-11(10)17-13(18)7-8-16-14(19)12-6-3-9-20-12/h1-6,9H,7-8H2,(H,16,19)(H,17,18). The van der Waals surface area contributed by atoms with E-state index in [4.69, 9.17) is 4.42 Å². The van der Waals surface area contributed by atoms with Crippen LogP contribution in [0.1, 0.15) is 17.0 Å². The molecular formula is C14H13IN2O3. The highest BCUT2D eigenvalue weighted by molar-refractivity contribution is 14.1. The highest BCUT2D eigenvalue weighted by Crippen LogP contribution is 2.16. The molecule has 0 atom stereocenters. The van der Waals surface area contributed by atoms with E-state index < -0.39 is 0 Å². The summed E-state index contributed by atoms with van der Waals surface area (Å²) >= 11 is 2.15. The topological polar surface area (TPSA) is 71.3 Å². The number of para-hydroxylation sites is 1. The third kappa shape index (κ3) is 4.09. The van der Waals surface area contributed by atoms with Crippen molar-refractivity contribution in [2.75, 3.05) is 11.9 Å². The molecule has 5 nitrogen and oxygen atoms in total. The molecule has 2 amide bonds. The van der Waals surface area contributed by atoms with Gasteiger partial charge in [0.2, 0.25) is 5.91 Å². The van der Waals surface area contributed by atoms with E-state index in [1.54, 1.807) is 12.1 Å². The number of halogens is 1. The number of nitrogens with one attached hydrogen (secondary N) is 2. The Kier molecular flexibility index (Phi) is 5.16. The van der Waals surface area contributed by atoms with Crippen LogP contribution in [0.3, 0.4) is 0 Å². The molecule has 0 fully saturated rings. The number of rotatable bonds is 5. The Hall–Kier alpha value is -1.83. The van der Waals surface area contributed by atoms with Crippen LogP contribution >= 0.6 is 22.6 Å². The zero-order valence-electron chi connectivity index (χ0n) is 10.6. The normalized spacial score (nSPS) is 10.1. The van der Waals surface area contributed by atoms with Gasteiger partial charge in [0.05, 0.1) is 12.0 Å². The van der Waals surface area contributed by atoms with Crippen LogP contribution in [0.25, 0.3) is 0 Å². The van der Waals surface area contributed by atoms with Crippen LogP contribution in [-0.4, -0.2) is 18.4 Å². The van der Waals surface area contributed by atoms with Crippen LogP contribution in [0.15, 0.2) is 47.1 Å². The van der Waals surface area contributed by atoms with Gasteiger partial charge in [-0.2, -0.15) is 0 Å². The zero-order valence-corrected chi connectivity index (χ0v) is 12.7. The summed E-state index contributed by atoms with van der Waals surface area (Å²) in [6.07, 6.45) is 1.64. The molecule has 1 aromatic heterocycles. The largest absolute Gasteiger partial charge is 0.459 e. The van der Waals surface area contributed by atoms with E-state index >= 15 is 0 Å². The molecule has 0 spiro atoms. The van der Waals surface area contributed by atoms with Gasteiger partial charge >= 0.3 is 0 Å². The smallest absolute Gasteiger partial charge is 0.286 e. The van der Waals surface area contributed by atoms with Gasteiger partial charge < -0.3 is 15.1 Å². The molecule has 0 radical (unpaired) electrons. The molecular weight excluding hydrogens is 371 g/mol. The molecule has 20 heavy (non-hydrogen) atoms. The third-order valence-corrected chi connectivity index (χ3v) is 3.47. The maximum Gasteiger partial charge on any atom is 0.286 e. The minimum atomic E-state index is -0.322. The lowest BCUT2D eigenvalue weighted by atomic mass is 10.3. The van der Waals surface area contributed by atoms with E-state index in [0.29, 0.717) is 0 Å². The summed E-state index contributed by atoms with van der Waals surface area (Å²) in [7, 11) is 0. The Morgan fingerprint density at radius 3 is 2.65 bits per heavy atom. The quantitative estimate of drug-likeness (QED) is 0.779. The summed E-state index contributed by atoms with van der Waals surface area (Å²) < 4.78 is 5.92. The number of carbonyl (C=O) groups excluding carboxylic acids is 2. The van der Waals surface area contributed by atoms with E-state index in [9.17, 15) is 9.59 Å². The van der Waals surface area contributed by atoms with Gasteiger partial charge in [-0.1, -0.05) is 12.1 Å². The van der Waals surface area contributed by atoms with Crippen LogP contribution in [0.5, 0.6) is 0 Å². The molecule has 0 saturated carbocycles. The number of hydrogen-bond donors (Lipinski definition) is 2. The number of hydrogen-bond acceptors (Lipinski definition) is 3. The molecule has 104 valence electrons. The second-order valence-electron chi connectivity index (χ2n) is 4.01. The number of furan rings is 1. The predicted molar refractivity (Wildman–Crippen MR) is 83.4 cm³/mol. The summed E-state index contributed by atoms with van der Waals surface area (Å²) in [6, 6.07) is 10.7. The Morgan fingerprint density at radius 1 is 1.15 bits per heavy atom. The second kappa shape index (κ2) is 7.09. The van der Waals surface area contributed by atoms with Crippen LogP contribution in [0.2, 0.25) is 0 Å². The van der Waals surface area contributed by atoms with Crippen molar-refractivity contribution in [3.63, 3.8) is 0 Å². The fourth-order valence-electron chi connectivity index (χ4n) is 1.56. The van der Waals surface area contributed by atoms with Gasteiger partial charge in [0.15, 0.2) is 5.76 Å². The van der Waals surface area contributed by atoms with Crippen molar-refractivity contribution in [1.82, 2.24) is 5.32 Å². The second-order valence-corrected chi connectivity index (χ2v) is 5.17. The van der Waals surface area contributed by atoms with Crippen molar-refractivity contribution in [2.45, 2.75) is 6.42 Å². The lowest BCUT2D eigenvalue weighted by Crippen LogP contribution is -2.27. The first kappa shape index (κ1) is 14.6. The van der Waals surface area contributed by atoms with Gasteiger partial charge in [0, 0.05) is 16.5 Å². The summed E-state index contributed by atoms with van der Waals surface area (Å²) in [5.41, 5.74) is 0.774. The molecule has 6 heteroatoms. The number of carbonyl (C=O) groups is 2. The van der Waals surface area contributed by atoms with Crippen LogP contribution in [0.4, 0.5) is 5.69 Å². The molecule has 1 heterocycles. The number of benzene rings is 1. The molecule has 1 aromatic carbocycles. The SMILES string of the molecule is O=C(CCNC(=O)c1ccco1)Nc1ccccc1I. The Balaban J connectivity index is 1.76. The molecule has 2 aromatic rings. The van der Waals surface area contributed by atoms with Gasteiger partial charge in [-0.25, -0.2) is 0 Å². The lowest BCUT2D eigenvalue weighted by molar-refractivity contribution is -0.116. The molecule has 0 unspecified atom stereocenters. The van der Waals surface area contributed by atoms with Gasteiger partial charge in [-0.15, -0.1) is 0 Å². The van der Waals surface area contributed by atoms with E-state index in [0.717, 1.165) is 9.26 Å². The van der Waals surface area contributed by atoms with E-state index in [1.807, 2.05) is 24.3 Å². The fourth-order valence-corrected chi connectivity index (χ4v) is 2.08. The van der Waals surface area contributed by atoms with E-state index in [1.165, 1.54) is 6.26 Å². The van der Waals surface area contributed by atoms with Crippen molar-refractivity contribution in [2.24, 2.45) is 0 Å². The third-order valence-electron chi connectivity index (χ3n) is 2.53. The monoisotopic (exact) mass is 384 g/mol. The average molecular weight is 384 g/mol. The van der Waals surface area contributed by atoms with Gasteiger partial charge in [-0.3, -0.25) is 9.59 Å². The molecule has 0 saturated heterocycles. The maximum atomic E-state index is 11.7. The van der Waals surface area contributed by atoms with Crippen LogP contribution in [0, 0.1) is 3.57 Å². The summed E-state index contributed by atoms with van der Waals surface area (Å²) in [4.78, 5) is 23.3. The van der Waals surface area contributed by atoms with Crippen molar-refractivity contribution >= 4 is 40.1 Å². The summed E-state index contributed by atoms with van der Waals surface area (Å²) in [6.45, 7) is 0.259. The maximum absolute atomic E-state index is 11.7. The molecule has 0 bridgehead atoms. The number of amides is 2. The molecule has 0 aliphatic rings. The fraction of sp³-hybridized carbons (Fsp3) is 0.143. The lowest BCUT2D eigenvalue weighted by Gasteiger charge is -2.07. The highest BCUT2D eigenvalue weighted by Gasteiger charge is 2.09. The zero-order chi connectivity index (χ0) is 14.4. The first-order valence-corrected chi connectivity index (χ1v) is 7.11. The van der Waals surface area contributed by atoms with Crippen molar-refractivity contribution < 1.29 is 14.0 Å². The molecule has 2 N–H and O–H groups in total. The Bertz CT molecular complexity index is 596. The first-order chi connectivity index (χ1) is 9.66.